The number of nitrogens with zero attached hydrogens (tertiary/aromatic N) is 1. The molecule has 0 radical (unpaired) electrons. The Morgan fingerprint density at radius 1 is 1.24 bits per heavy atom. The fourth-order valence-corrected chi connectivity index (χ4v) is 4.11. The van der Waals surface area contributed by atoms with Crippen LogP contribution >= 0.6 is 0 Å². The number of carbonyl (C=O) groups excluding carboxylic acids is 1. The first-order valence-electron chi connectivity index (χ1n) is 7.97. The predicted molar refractivity (Wildman–Crippen MR) is 84.3 cm³/mol. The van der Waals surface area contributed by atoms with Gasteiger partial charge in [-0.1, -0.05) is 13.3 Å². The van der Waals surface area contributed by atoms with Crippen molar-refractivity contribution in [1.82, 2.24) is 9.62 Å². The number of nitrogens with two attached hydrogens (primary N) is 1. The molecule has 1 heterocycles. The van der Waals surface area contributed by atoms with Gasteiger partial charge in [0.05, 0.1) is 5.75 Å². The third-order valence-corrected chi connectivity index (χ3v) is 5.86. The van der Waals surface area contributed by atoms with Gasteiger partial charge in [-0.2, -0.15) is 0 Å². The van der Waals surface area contributed by atoms with Crippen molar-refractivity contribution in [3.63, 3.8) is 0 Å². The summed E-state index contributed by atoms with van der Waals surface area (Å²) < 4.78 is 25.4. The van der Waals surface area contributed by atoms with Gasteiger partial charge in [-0.25, -0.2) is 12.7 Å². The van der Waals surface area contributed by atoms with E-state index in [0.717, 1.165) is 19.3 Å². The zero-order valence-corrected chi connectivity index (χ0v) is 13.8. The van der Waals surface area contributed by atoms with Gasteiger partial charge in [0.25, 0.3) is 0 Å². The lowest BCUT2D eigenvalue weighted by Gasteiger charge is -2.31. The highest BCUT2D eigenvalue weighted by Gasteiger charge is 2.27. The molecule has 124 valence electrons. The average Bonchev–Trinajstić information content (AvgIpc) is 2.44. The molecule has 6 nitrogen and oxygen atoms in total. The normalized spacial score (nSPS) is 17.8. The van der Waals surface area contributed by atoms with E-state index in [1.165, 1.54) is 0 Å². The van der Waals surface area contributed by atoms with E-state index >= 15 is 0 Å². The Kier molecular flexibility index (Phi) is 8.21. The zero-order chi connectivity index (χ0) is 15.7. The minimum atomic E-state index is -3.10. The molecule has 0 aromatic carbocycles. The predicted octanol–water partition coefficient (Wildman–Crippen LogP) is 0.826. The molecule has 0 aliphatic carbocycles. The summed E-state index contributed by atoms with van der Waals surface area (Å²) in [5, 5.41) is 3.01. The first-order chi connectivity index (χ1) is 9.99. The quantitative estimate of drug-likeness (QED) is 0.616. The van der Waals surface area contributed by atoms with Crippen LogP contribution in [-0.2, 0) is 14.8 Å². The second kappa shape index (κ2) is 9.38. The highest BCUT2D eigenvalue weighted by Crippen LogP contribution is 2.15. The van der Waals surface area contributed by atoms with Crippen LogP contribution in [0.25, 0.3) is 0 Å². The highest BCUT2D eigenvalue weighted by atomic mass is 32.2. The zero-order valence-electron chi connectivity index (χ0n) is 13.0. The van der Waals surface area contributed by atoms with Crippen LogP contribution < -0.4 is 11.1 Å². The third kappa shape index (κ3) is 6.76. The molecule has 0 bridgehead atoms. The van der Waals surface area contributed by atoms with E-state index in [-0.39, 0.29) is 17.7 Å². The van der Waals surface area contributed by atoms with Crippen LogP contribution in [0.1, 0.15) is 51.9 Å². The Morgan fingerprint density at radius 2 is 1.90 bits per heavy atom. The lowest BCUT2D eigenvalue weighted by atomic mass is 10.1. The summed E-state index contributed by atoms with van der Waals surface area (Å²) in [4.78, 5) is 11.8. The summed E-state index contributed by atoms with van der Waals surface area (Å²) in [5.74, 6) is 0.285. The molecule has 1 aliphatic heterocycles. The van der Waals surface area contributed by atoms with Gasteiger partial charge in [0.1, 0.15) is 0 Å². The van der Waals surface area contributed by atoms with Gasteiger partial charge in [0, 0.05) is 25.6 Å². The summed E-state index contributed by atoms with van der Waals surface area (Å²) in [5.41, 5.74) is 5.41. The molecule has 1 fully saturated rings. The molecule has 0 aromatic rings. The van der Waals surface area contributed by atoms with Gasteiger partial charge in [-0.15, -0.1) is 0 Å². The van der Waals surface area contributed by atoms with Crippen LogP contribution in [0.2, 0.25) is 0 Å². The lowest BCUT2D eigenvalue weighted by Crippen LogP contribution is -2.47. The standard InChI is InChI=1S/C14H29N3O3S/c1-2-12-21(19,20)17-10-7-13(8-11-17)16-14(18)6-4-3-5-9-15/h13H,2-12,15H2,1H3,(H,16,18). The second-order valence-corrected chi connectivity index (χ2v) is 7.74. The largest absolute Gasteiger partial charge is 0.353 e. The molecule has 3 N–H and O–H groups in total. The number of hydrogen-bond acceptors (Lipinski definition) is 4. The molecule has 0 spiro atoms. The number of hydrogen-bond donors (Lipinski definition) is 2. The Hall–Kier alpha value is -0.660. The summed E-state index contributed by atoms with van der Waals surface area (Å²) in [7, 11) is -3.10. The number of amides is 1. The number of sulfonamides is 1. The molecule has 0 saturated carbocycles. The smallest absolute Gasteiger partial charge is 0.220 e. The van der Waals surface area contributed by atoms with Gasteiger partial charge in [0.2, 0.25) is 15.9 Å². The molecule has 0 unspecified atom stereocenters. The second-order valence-electron chi connectivity index (χ2n) is 5.66. The first-order valence-corrected chi connectivity index (χ1v) is 9.57. The van der Waals surface area contributed by atoms with E-state index in [1.54, 1.807) is 4.31 Å². The SMILES string of the molecule is CCCS(=O)(=O)N1CCC(NC(=O)CCCCCN)CC1. The minimum absolute atomic E-state index is 0.0712. The third-order valence-electron chi connectivity index (χ3n) is 3.78. The van der Waals surface area contributed by atoms with Crippen molar-refractivity contribution in [3.05, 3.63) is 0 Å². The topological polar surface area (TPSA) is 92.5 Å². The summed E-state index contributed by atoms with van der Waals surface area (Å²) in [6.45, 7) is 3.57. The molecule has 1 saturated heterocycles. The van der Waals surface area contributed by atoms with E-state index in [0.29, 0.717) is 45.3 Å². The summed E-state index contributed by atoms with van der Waals surface area (Å²) in [6.07, 6.45) is 5.40. The molecule has 7 heteroatoms. The van der Waals surface area contributed by atoms with Crippen molar-refractivity contribution < 1.29 is 13.2 Å². The first kappa shape index (κ1) is 18.4. The van der Waals surface area contributed by atoms with Gasteiger partial charge in [-0.05, 0) is 38.6 Å². The van der Waals surface area contributed by atoms with Gasteiger partial charge >= 0.3 is 0 Å². The molecule has 21 heavy (non-hydrogen) atoms. The fourth-order valence-electron chi connectivity index (χ4n) is 2.57. The van der Waals surface area contributed by atoms with Crippen LogP contribution in [0.5, 0.6) is 0 Å². The van der Waals surface area contributed by atoms with E-state index in [4.69, 9.17) is 5.73 Å². The Morgan fingerprint density at radius 3 is 2.48 bits per heavy atom. The van der Waals surface area contributed by atoms with Crippen molar-refractivity contribution in [2.24, 2.45) is 5.73 Å². The van der Waals surface area contributed by atoms with E-state index in [1.807, 2.05) is 6.92 Å². The fraction of sp³-hybridized carbons (Fsp3) is 0.929. The van der Waals surface area contributed by atoms with Gasteiger partial charge < -0.3 is 11.1 Å². The van der Waals surface area contributed by atoms with Crippen LogP contribution in [0.3, 0.4) is 0 Å². The maximum atomic E-state index is 11.9. The molecular formula is C14H29N3O3S. The highest BCUT2D eigenvalue weighted by molar-refractivity contribution is 7.89. The van der Waals surface area contributed by atoms with Crippen molar-refractivity contribution in [3.8, 4) is 0 Å². The monoisotopic (exact) mass is 319 g/mol. The molecular weight excluding hydrogens is 290 g/mol. The number of rotatable bonds is 9. The average molecular weight is 319 g/mol. The van der Waals surface area contributed by atoms with E-state index < -0.39 is 10.0 Å². The van der Waals surface area contributed by atoms with E-state index in [2.05, 4.69) is 5.32 Å². The van der Waals surface area contributed by atoms with Crippen molar-refractivity contribution in [2.45, 2.75) is 57.9 Å². The van der Waals surface area contributed by atoms with Crippen molar-refractivity contribution in [2.75, 3.05) is 25.4 Å². The summed E-state index contributed by atoms with van der Waals surface area (Å²) >= 11 is 0. The minimum Gasteiger partial charge on any atom is -0.353 e. The number of nitrogens with one attached hydrogen (secondary N) is 1. The Bertz CT molecular complexity index is 404. The number of carbonyl (C=O) groups is 1. The van der Waals surface area contributed by atoms with Crippen molar-refractivity contribution in [1.29, 1.82) is 0 Å². The van der Waals surface area contributed by atoms with Gasteiger partial charge in [0.15, 0.2) is 0 Å². The maximum absolute atomic E-state index is 11.9. The number of piperidine rings is 1. The number of unbranched alkanes of at least 4 members (excludes halogenated alkanes) is 2. The van der Waals surface area contributed by atoms with Crippen LogP contribution in [0, 0.1) is 0 Å². The molecule has 0 atom stereocenters. The molecule has 1 rings (SSSR count). The van der Waals surface area contributed by atoms with Crippen molar-refractivity contribution >= 4 is 15.9 Å². The molecule has 1 aliphatic rings. The van der Waals surface area contributed by atoms with Crippen LogP contribution in [0.4, 0.5) is 0 Å². The molecule has 0 aromatic heterocycles. The van der Waals surface area contributed by atoms with E-state index in [9.17, 15) is 13.2 Å². The van der Waals surface area contributed by atoms with Gasteiger partial charge in [-0.3, -0.25) is 4.79 Å². The van der Waals surface area contributed by atoms with Crippen LogP contribution in [-0.4, -0.2) is 50.1 Å². The Balaban J connectivity index is 2.25. The lowest BCUT2D eigenvalue weighted by molar-refractivity contribution is -0.122. The van der Waals surface area contributed by atoms with Crippen LogP contribution in [0.15, 0.2) is 0 Å². The maximum Gasteiger partial charge on any atom is 0.220 e. The Labute approximate surface area is 128 Å². The summed E-state index contributed by atoms with van der Waals surface area (Å²) in [6, 6.07) is 0.111. The molecule has 1 amide bonds.